The van der Waals surface area contributed by atoms with Gasteiger partial charge in [-0.25, -0.2) is 4.98 Å². The van der Waals surface area contributed by atoms with Crippen LogP contribution in [0.1, 0.15) is 11.3 Å². The summed E-state index contributed by atoms with van der Waals surface area (Å²) in [6, 6.07) is 43.5. The molecule has 0 radical (unpaired) electrons. The molecule has 0 aliphatic heterocycles. The third kappa shape index (κ3) is 4.22. The Hall–Kier alpha value is -5.48. The largest absolute Gasteiger partial charge is 0.361 e. The molecule has 40 heavy (non-hydrogen) atoms. The number of nitrogens with zero attached hydrogens (tertiary/aromatic N) is 2. The Labute approximate surface area is 233 Å². The molecule has 4 nitrogen and oxygen atoms in total. The van der Waals surface area contributed by atoms with Gasteiger partial charge >= 0.3 is 0 Å². The maximum atomic E-state index is 8.90. The first-order chi connectivity index (χ1) is 19.8. The van der Waals surface area contributed by atoms with Crippen molar-refractivity contribution in [1.82, 2.24) is 9.55 Å². The fraction of sp³-hybridized carbons (Fsp3) is 0. The highest BCUT2D eigenvalue weighted by Gasteiger charge is 2.25. The molecule has 4 aromatic carbocycles. The normalized spacial score (nSPS) is 13.5. The molecule has 6 aromatic rings. The first-order valence-corrected chi connectivity index (χ1v) is 13.3. The van der Waals surface area contributed by atoms with Gasteiger partial charge in [-0.2, -0.15) is 0 Å². The minimum Gasteiger partial charge on any atom is -0.361 e. The second-order valence-electron chi connectivity index (χ2n) is 9.76. The van der Waals surface area contributed by atoms with Crippen molar-refractivity contribution in [3.8, 4) is 28.2 Å². The van der Waals surface area contributed by atoms with Crippen LogP contribution in [-0.4, -0.2) is 15.3 Å². The fourth-order valence-electron chi connectivity index (χ4n) is 5.34. The highest BCUT2D eigenvalue weighted by Crippen LogP contribution is 2.39. The van der Waals surface area contributed by atoms with Crippen LogP contribution in [0.25, 0.3) is 50.8 Å². The van der Waals surface area contributed by atoms with Crippen molar-refractivity contribution in [3.05, 3.63) is 151 Å². The Morgan fingerprint density at radius 2 is 1.30 bits per heavy atom. The van der Waals surface area contributed by atoms with Gasteiger partial charge in [-0.05, 0) is 47.5 Å². The van der Waals surface area contributed by atoms with Gasteiger partial charge in [0.05, 0.1) is 22.6 Å². The van der Waals surface area contributed by atoms with E-state index in [0.29, 0.717) is 5.71 Å². The quantitative estimate of drug-likeness (QED) is 0.241. The molecule has 4 heteroatoms. The molecule has 2 heterocycles. The number of pyridine rings is 1. The molecule has 0 bridgehead atoms. The average Bonchev–Trinajstić information content (AvgIpc) is 3.36. The highest BCUT2D eigenvalue weighted by molar-refractivity contribution is 6.32. The lowest BCUT2D eigenvalue weighted by molar-refractivity contribution is 1.03. The van der Waals surface area contributed by atoms with Crippen molar-refractivity contribution in [3.63, 3.8) is 0 Å². The number of fused-ring (bicyclic) bond motifs is 3. The molecule has 7 rings (SSSR count). The summed E-state index contributed by atoms with van der Waals surface area (Å²) in [5, 5.41) is 13.4. The van der Waals surface area contributed by atoms with Gasteiger partial charge in [-0.1, -0.05) is 103 Å². The molecule has 0 unspecified atom stereocenters. The van der Waals surface area contributed by atoms with Crippen LogP contribution in [0.2, 0.25) is 0 Å². The molecule has 2 aromatic heterocycles. The number of hydrogen-bond donors (Lipinski definition) is 2. The van der Waals surface area contributed by atoms with E-state index in [9.17, 15) is 0 Å². The summed E-state index contributed by atoms with van der Waals surface area (Å²) in [6.45, 7) is 0. The van der Waals surface area contributed by atoms with Crippen LogP contribution in [0, 0.1) is 5.41 Å². The molecular weight excluding hydrogens is 488 g/mol. The second kappa shape index (κ2) is 10.0. The Kier molecular flexibility index (Phi) is 5.91. The van der Waals surface area contributed by atoms with Gasteiger partial charge in [0.2, 0.25) is 0 Å². The summed E-state index contributed by atoms with van der Waals surface area (Å²) in [7, 11) is 0. The minimum atomic E-state index is 0.447. The van der Waals surface area contributed by atoms with Crippen LogP contribution in [0.3, 0.4) is 0 Å². The van der Waals surface area contributed by atoms with Crippen molar-refractivity contribution >= 4 is 34.0 Å². The van der Waals surface area contributed by atoms with Gasteiger partial charge in [0.1, 0.15) is 5.82 Å². The van der Waals surface area contributed by atoms with Gasteiger partial charge in [0, 0.05) is 34.0 Å². The molecule has 1 aliphatic rings. The van der Waals surface area contributed by atoms with E-state index in [1.165, 1.54) is 0 Å². The number of anilines is 1. The molecule has 1 aliphatic carbocycles. The standard InChI is InChI=1S/C36H26N4/c37-32-21-20-30-29-18-10-11-19-34(29)40(36(30)31(32)24-38-28-16-8-3-9-17-28)35-23-27(25-12-4-1-5-13-25)22-33(39-35)26-14-6-2-7-15-26/h1-24,37-38H/b31-24+,37-32?. The molecule has 0 atom stereocenters. The van der Waals surface area contributed by atoms with Gasteiger partial charge < -0.3 is 10.7 Å². The highest BCUT2D eigenvalue weighted by atomic mass is 15.1. The zero-order valence-corrected chi connectivity index (χ0v) is 21.8. The predicted octanol–water partition coefficient (Wildman–Crippen LogP) is 8.86. The maximum absolute atomic E-state index is 8.90. The van der Waals surface area contributed by atoms with Crippen LogP contribution in [0.4, 0.5) is 5.69 Å². The summed E-state index contributed by atoms with van der Waals surface area (Å²) < 4.78 is 2.21. The molecule has 0 saturated heterocycles. The smallest absolute Gasteiger partial charge is 0.138 e. The Balaban J connectivity index is 1.50. The zero-order valence-electron chi connectivity index (χ0n) is 21.8. The number of allylic oxidation sites excluding steroid dienone is 2. The SMILES string of the molecule is N=C1C=Cc2c(n(-c3cc(-c4ccccc4)cc(-c4ccccc4)n3)c3ccccc23)/C1=C/Nc1ccccc1. The Bertz CT molecular complexity index is 1860. The van der Waals surface area contributed by atoms with E-state index in [1.807, 2.05) is 66.9 Å². The molecular formula is C36H26N4. The van der Waals surface area contributed by atoms with Gasteiger partial charge in [-0.3, -0.25) is 4.57 Å². The first kappa shape index (κ1) is 23.6. The van der Waals surface area contributed by atoms with Crippen LogP contribution in [0.15, 0.2) is 140 Å². The third-order valence-corrected chi connectivity index (χ3v) is 7.25. The number of hydrogen-bond acceptors (Lipinski definition) is 3. The summed E-state index contributed by atoms with van der Waals surface area (Å²) >= 11 is 0. The fourth-order valence-corrected chi connectivity index (χ4v) is 5.34. The van der Waals surface area contributed by atoms with Crippen molar-refractivity contribution in [2.45, 2.75) is 0 Å². The predicted molar refractivity (Wildman–Crippen MR) is 167 cm³/mol. The molecule has 0 saturated carbocycles. The zero-order chi connectivity index (χ0) is 26.9. The number of rotatable bonds is 5. The minimum absolute atomic E-state index is 0.447. The first-order valence-electron chi connectivity index (χ1n) is 13.3. The molecule has 2 N–H and O–H groups in total. The maximum Gasteiger partial charge on any atom is 0.138 e. The number of nitrogens with one attached hydrogen (secondary N) is 2. The third-order valence-electron chi connectivity index (χ3n) is 7.25. The van der Waals surface area contributed by atoms with E-state index in [1.54, 1.807) is 0 Å². The van der Waals surface area contributed by atoms with Crippen LogP contribution < -0.4 is 5.32 Å². The van der Waals surface area contributed by atoms with Crippen LogP contribution in [-0.2, 0) is 0 Å². The van der Waals surface area contributed by atoms with Crippen LogP contribution >= 0.6 is 0 Å². The lowest BCUT2D eigenvalue weighted by atomic mass is 9.96. The monoisotopic (exact) mass is 514 g/mol. The van der Waals surface area contributed by atoms with Crippen molar-refractivity contribution in [2.75, 3.05) is 5.32 Å². The topological polar surface area (TPSA) is 53.7 Å². The summed E-state index contributed by atoms with van der Waals surface area (Å²) in [5.74, 6) is 0.811. The lowest BCUT2D eigenvalue weighted by Gasteiger charge is -2.18. The van der Waals surface area contributed by atoms with Crippen LogP contribution in [0.5, 0.6) is 0 Å². The second-order valence-corrected chi connectivity index (χ2v) is 9.76. The average molecular weight is 515 g/mol. The van der Waals surface area contributed by atoms with E-state index in [-0.39, 0.29) is 0 Å². The summed E-state index contributed by atoms with van der Waals surface area (Å²) in [4.78, 5) is 5.23. The summed E-state index contributed by atoms with van der Waals surface area (Å²) in [6.07, 6.45) is 5.87. The van der Waals surface area contributed by atoms with E-state index in [4.69, 9.17) is 10.4 Å². The lowest BCUT2D eigenvalue weighted by Crippen LogP contribution is -2.11. The van der Waals surface area contributed by atoms with E-state index < -0.39 is 0 Å². The van der Waals surface area contributed by atoms with Gasteiger partial charge in [0.25, 0.3) is 0 Å². The van der Waals surface area contributed by atoms with E-state index in [2.05, 4.69) is 88.8 Å². The van der Waals surface area contributed by atoms with Gasteiger partial charge in [-0.15, -0.1) is 0 Å². The summed E-state index contributed by atoms with van der Waals surface area (Å²) in [5.41, 5.74) is 9.49. The van der Waals surface area contributed by atoms with Gasteiger partial charge in [0.15, 0.2) is 0 Å². The number of aromatic nitrogens is 2. The van der Waals surface area contributed by atoms with E-state index >= 15 is 0 Å². The molecule has 0 fully saturated rings. The Morgan fingerprint density at radius 1 is 0.650 bits per heavy atom. The number of benzene rings is 4. The van der Waals surface area contributed by atoms with Crippen molar-refractivity contribution < 1.29 is 0 Å². The van der Waals surface area contributed by atoms with Crippen molar-refractivity contribution in [2.24, 2.45) is 0 Å². The number of para-hydroxylation sites is 2. The molecule has 0 amide bonds. The van der Waals surface area contributed by atoms with E-state index in [0.717, 1.165) is 61.6 Å². The Morgan fingerprint density at radius 3 is 2.05 bits per heavy atom. The molecule has 0 spiro atoms. The van der Waals surface area contributed by atoms with Crippen molar-refractivity contribution in [1.29, 1.82) is 5.41 Å². The molecule has 190 valence electrons.